The molecule has 3 N–H and O–H groups in total. The summed E-state index contributed by atoms with van der Waals surface area (Å²) in [5, 5.41) is 7.35. The van der Waals surface area contributed by atoms with E-state index in [-0.39, 0.29) is 6.54 Å². The minimum Gasteiger partial charge on any atom is -0.399 e. The van der Waals surface area contributed by atoms with E-state index in [9.17, 15) is 22.8 Å². The number of nitrogens with zero attached hydrogens (tertiary/aromatic N) is 5. The number of likely N-dealkylation sites (N-methyl/N-ethyl adjacent to an activating group) is 1. The number of aryl methyl sites for hydroxylation is 1. The molecule has 9 nitrogen and oxygen atoms in total. The van der Waals surface area contributed by atoms with Crippen LogP contribution < -0.4 is 16.0 Å². The minimum absolute atomic E-state index is 0.250. The molecule has 1 aliphatic rings. The third-order valence-corrected chi connectivity index (χ3v) is 6.54. The molecule has 0 unspecified atom stereocenters. The molecule has 2 aromatic carbocycles. The van der Waals surface area contributed by atoms with E-state index in [0.717, 1.165) is 11.9 Å². The quantitative estimate of drug-likeness (QED) is 0.375. The third-order valence-electron chi connectivity index (χ3n) is 6.54. The lowest BCUT2D eigenvalue weighted by molar-refractivity contribution is -0.141. The maximum atomic E-state index is 14.0. The van der Waals surface area contributed by atoms with Gasteiger partial charge in [-0.2, -0.15) is 18.3 Å². The van der Waals surface area contributed by atoms with E-state index in [1.165, 1.54) is 4.90 Å². The molecular weight excluding hydrogens is 511 g/mol. The number of alkyl halides is 3. The number of hydrogen-bond acceptors (Lipinski definition) is 6. The number of nitrogens with one attached hydrogen (secondary N) is 1. The lowest BCUT2D eigenvalue weighted by Crippen LogP contribution is -2.55. The fourth-order valence-corrected chi connectivity index (χ4v) is 4.88. The zero-order valence-corrected chi connectivity index (χ0v) is 21.0. The fourth-order valence-electron chi connectivity index (χ4n) is 4.88. The maximum Gasteiger partial charge on any atom is 0.433 e. The first kappa shape index (κ1) is 25.9. The number of rotatable bonds is 5. The Hall–Kier alpha value is -4.74. The van der Waals surface area contributed by atoms with Gasteiger partial charge in [0.2, 0.25) is 5.82 Å². The molecule has 4 aromatic rings. The number of halogens is 3. The van der Waals surface area contributed by atoms with E-state index < -0.39 is 41.5 Å². The van der Waals surface area contributed by atoms with Crippen LogP contribution in [-0.2, 0) is 11.0 Å². The van der Waals surface area contributed by atoms with Gasteiger partial charge in [0, 0.05) is 29.9 Å². The number of carbonyl (C=O) groups is 2. The summed E-state index contributed by atoms with van der Waals surface area (Å²) in [4.78, 5) is 35.8. The first-order chi connectivity index (χ1) is 18.6. The van der Waals surface area contributed by atoms with E-state index in [1.807, 2.05) is 30.3 Å². The SMILES string of the molecule is CCN1C(=O)[C@H](NC(=O)c2nccc(C(F)(F)F)n2)[C@@H](c2cccc(N)c2)c2c(C)nn(-c3ccccc3)c21. The molecule has 0 fully saturated rings. The Balaban J connectivity index is 1.66. The van der Waals surface area contributed by atoms with E-state index in [1.54, 1.807) is 42.8 Å². The van der Waals surface area contributed by atoms with Gasteiger partial charge in [-0.05, 0) is 49.7 Å². The Labute approximate surface area is 221 Å². The van der Waals surface area contributed by atoms with Gasteiger partial charge in [0.1, 0.15) is 17.6 Å². The monoisotopic (exact) mass is 535 g/mol. The summed E-state index contributed by atoms with van der Waals surface area (Å²) < 4.78 is 41.3. The van der Waals surface area contributed by atoms with Gasteiger partial charge in [-0.15, -0.1) is 0 Å². The number of amides is 2. The number of para-hydroxylation sites is 1. The van der Waals surface area contributed by atoms with Crippen molar-refractivity contribution >= 4 is 23.3 Å². The van der Waals surface area contributed by atoms with E-state index in [2.05, 4.69) is 15.3 Å². The highest BCUT2D eigenvalue weighted by Crippen LogP contribution is 2.43. The zero-order chi connectivity index (χ0) is 27.9. The lowest BCUT2D eigenvalue weighted by atomic mass is 9.81. The lowest BCUT2D eigenvalue weighted by Gasteiger charge is -2.38. The summed E-state index contributed by atoms with van der Waals surface area (Å²) in [7, 11) is 0. The Morgan fingerprint density at radius 2 is 1.85 bits per heavy atom. The Bertz CT molecular complexity index is 1550. The molecule has 12 heteroatoms. The first-order valence-corrected chi connectivity index (χ1v) is 12.1. The summed E-state index contributed by atoms with van der Waals surface area (Å²) >= 11 is 0. The summed E-state index contributed by atoms with van der Waals surface area (Å²) in [6.07, 6.45) is -3.91. The molecule has 0 aliphatic carbocycles. The zero-order valence-electron chi connectivity index (χ0n) is 21.0. The van der Waals surface area contributed by atoms with Crippen LogP contribution in [0, 0.1) is 6.92 Å². The molecule has 0 bridgehead atoms. The van der Waals surface area contributed by atoms with Crippen LogP contribution in [0.15, 0.2) is 66.9 Å². The van der Waals surface area contributed by atoms with Crippen LogP contribution in [0.5, 0.6) is 0 Å². The molecular formula is C27H24F3N7O2. The number of benzene rings is 2. The van der Waals surface area contributed by atoms with Crippen LogP contribution in [0.25, 0.3) is 5.69 Å². The van der Waals surface area contributed by atoms with Crippen molar-refractivity contribution in [3.63, 3.8) is 0 Å². The van der Waals surface area contributed by atoms with Gasteiger partial charge in [0.25, 0.3) is 11.8 Å². The van der Waals surface area contributed by atoms with Crippen molar-refractivity contribution in [1.29, 1.82) is 0 Å². The molecule has 2 aromatic heterocycles. The molecule has 2 amide bonds. The number of anilines is 2. The van der Waals surface area contributed by atoms with E-state index >= 15 is 0 Å². The highest BCUT2D eigenvalue weighted by atomic mass is 19.4. The number of nitrogen functional groups attached to an aromatic ring is 1. The summed E-state index contributed by atoms with van der Waals surface area (Å²) in [5.41, 5.74) is 7.92. The first-order valence-electron chi connectivity index (χ1n) is 12.1. The van der Waals surface area contributed by atoms with Gasteiger partial charge >= 0.3 is 6.18 Å². The van der Waals surface area contributed by atoms with Gasteiger partial charge in [0.15, 0.2) is 0 Å². The van der Waals surface area contributed by atoms with Gasteiger partial charge in [-0.3, -0.25) is 14.5 Å². The van der Waals surface area contributed by atoms with Gasteiger partial charge in [-0.1, -0.05) is 30.3 Å². The van der Waals surface area contributed by atoms with Crippen LogP contribution in [0.2, 0.25) is 0 Å². The topological polar surface area (TPSA) is 119 Å². The normalized spacial score (nSPS) is 17.2. The number of fused-ring (bicyclic) bond motifs is 1. The van der Waals surface area contributed by atoms with Crippen molar-refractivity contribution in [2.45, 2.75) is 32.0 Å². The molecule has 5 rings (SSSR count). The molecule has 0 spiro atoms. The predicted octanol–water partition coefficient (Wildman–Crippen LogP) is 3.87. The third kappa shape index (κ3) is 4.69. The van der Waals surface area contributed by atoms with Crippen LogP contribution >= 0.6 is 0 Å². The second-order valence-corrected chi connectivity index (χ2v) is 9.01. The molecule has 0 saturated carbocycles. The Morgan fingerprint density at radius 1 is 1.10 bits per heavy atom. The molecule has 39 heavy (non-hydrogen) atoms. The molecule has 2 atom stereocenters. The molecule has 200 valence electrons. The van der Waals surface area contributed by atoms with Crippen molar-refractivity contribution in [2.24, 2.45) is 0 Å². The molecule has 1 aliphatic heterocycles. The number of aromatic nitrogens is 4. The Morgan fingerprint density at radius 3 is 2.51 bits per heavy atom. The van der Waals surface area contributed by atoms with Gasteiger partial charge in [0.05, 0.1) is 11.4 Å². The second kappa shape index (κ2) is 9.86. The highest BCUT2D eigenvalue weighted by molar-refractivity contribution is 6.04. The van der Waals surface area contributed by atoms with E-state index in [0.29, 0.717) is 34.4 Å². The maximum absolute atomic E-state index is 14.0. The summed E-state index contributed by atoms with van der Waals surface area (Å²) in [6.45, 7) is 3.84. The highest BCUT2D eigenvalue weighted by Gasteiger charge is 2.46. The van der Waals surface area contributed by atoms with Gasteiger partial charge in [-0.25, -0.2) is 14.6 Å². The van der Waals surface area contributed by atoms with E-state index in [4.69, 9.17) is 10.8 Å². The van der Waals surface area contributed by atoms with Crippen molar-refractivity contribution < 1.29 is 22.8 Å². The number of hydrogen-bond donors (Lipinski definition) is 2. The fraction of sp³-hybridized carbons (Fsp3) is 0.222. The molecule has 0 saturated heterocycles. The smallest absolute Gasteiger partial charge is 0.399 e. The molecule has 3 heterocycles. The Kier molecular flexibility index (Phi) is 6.54. The van der Waals surface area contributed by atoms with Crippen LogP contribution in [-0.4, -0.2) is 44.1 Å². The van der Waals surface area contributed by atoms with Crippen molar-refractivity contribution in [3.8, 4) is 5.69 Å². The largest absolute Gasteiger partial charge is 0.433 e. The van der Waals surface area contributed by atoms with Crippen molar-refractivity contribution in [3.05, 3.63) is 95.2 Å². The number of nitrogens with two attached hydrogens (primary N) is 1. The number of carbonyl (C=O) groups excluding carboxylic acids is 2. The average Bonchev–Trinajstić information content (AvgIpc) is 3.25. The van der Waals surface area contributed by atoms with Crippen molar-refractivity contribution in [2.75, 3.05) is 17.2 Å². The summed E-state index contributed by atoms with van der Waals surface area (Å²) in [5.74, 6) is -2.38. The second-order valence-electron chi connectivity index (χ2n) is 9.01. The van der Waals surface area contributed by atoms with Gasteiger partial charge < -0.3 is 11.1 Å². The van der Waals surface area contributed by atoms with Crippen LogP contribution in [0.1, 0.15) is 46.0 Å². The van der Waals surface area contributed by atoms with Crippen LogP contribution in [0.3, 0.4) is 0 Å². The predicted molar refractivity (Wildman–Crippen MR) is 137 cm³/mol. The molecule has 0 radical (unpaired) electrons. The average molecular weight is 536 g/mol. The van der Waals surface area contributed by atoms with Crippen molar-refractivity contribution in [1.82, 2.24) is 25.1 Å². The standard InChI is InChI=1S/C27H24F3N7O2/c1-3-36-25-20(15(2)35-37(25)18-10-5-4-6-11-18)21(16-8-7-9-17(31)14-16)22(26(36)39)34-24(38)23-32-13-12-19(33-23)27(28,29)30/h4-14,21-22H,3,31H2,1-2H3,(H,34,38)/t21-,22+/m0/s1. The minimum atomic E-state index is -4.76. The van der Waals surface area contributed by atoms with Crippen LogP contribution in [0.4, 0.5) is 24.7 Å². The summed E-state index contributed by atoms with van der Waals surface area (Å²) in [6, 6.07) is 15.7.